The van der Waals surface area contributed by atoms with Crippen molar-refractivity contribution >= 4 is 5.78 Å². The molecule has 0 heterocycles. The van der Waals surface area contributed by atoms with Crippen molar-refractivity contribution in [2.45, 2.75) is 103 Å². The molecule has 0 fully saturated rings. The summed E-state index contributed by atoms with van der Waals surface area (Å²) in [5.74, 6) is -0.106. The summed E-state index contributed by atoms with van der Waals surface area (Å²) in [4.78, 5) is 11.4. The van der Waals surface area contributed by atoms with E-state index >= 15 is 0 Å². The van der Waals surface area contributed by atoms with Gasteiger partial charge in [-0.05, 0) is 32.1 Å². The maximum Gasteiger partial charge on any atom is 0.162 e. The fourth-order valence-corrected chi connectivity index (χ4v) is 2.67. The van der Waals surface area contributed by atoms with Crippen molar-refractivity contribution in [3.63, 3.8) is 0 Å². The highest BCUT2D eigenvalue weighted by Gasteiger charge is 2.11. The van der Waals surface area contributed by atoms with Crippen molar-refractivity contribution < 1.29 is 9.90 Å². The molecule has 0 radical (unpaired) electrons. The van der Waals surface area contributed by atoms with Crippen molar-refractivity contribution in [1.29, 1.82) is 0 Å². The second-order valence-electron chi connectivity index (χ2n) is 6.55. The van der Waals surface area contributed by atoms with E-state index in [1.54, 1.807) is 0 Å². The van der Waals surface area contributed by atoms with E-state index in [-0.39, 0.29) is 12.3 Å². The molecule has 0 rings (SSSR count). The lowest BCUT2D eigenvalue weighted by Gasteiger charge is -2.05. The first-order chi connectivity index (χ1) is 11.2. The monoisotopic (exact) mass is 325 g/mol. The Labute approximate surface area is 143 Å². The molecule has 3 N–H and O–H groups in total. The molecule has 0 saturated carbocycles. The lowest BCUT2D eigenvalue weighted by atomic mass is 10.0. The Balaban J connectivity index is 3.21. The molecule has 0 aromatic carbocycles. The average Bonchev–Trinajstić information content (AvgIpc) is 2.57. The Bertz CT molecular complexity index is 289. The molecule has 0 bridgehead atoms. The fourth-order valence-electron chi connectivity index (χ4n) is 2.67. The van der Waals surface area contributed by atoms with Gasteiger partial charge in [-0.2, -0.15) is 0 Å². The van der Waals surface area contributed by atoms with Crippen molar-refractivity contribution in [2.24, 2.45) is 5.73 Å². The van der Waals surface area contributed by atoms with E-state index in [2.05, 4.69) is 19.1 Å². The van der Waals surface area contributed by atoms with Gasteiger partial charge in [-0.25, -0.2) is 0 Å². The van der Waals surface area contributed by atoms with E-state index in [4.69, 9.17) is 5.73 Å². The van der Waals surface area contributed by atoms with Crippen LogP contribution in [0.2, 0.25) is 0 Å². The molecule has 23 heavy (non-hydrogen) atoms. The minimum absolute atomic E-state index is 0.0455. The molecule has 0 spiro atoms. The van der Waals surface area contributed by atoms with E-state index in [1.807, 2.05) is 0 Å². The summed E-state index contributed by atoms with van der Waals surface area (Å²) in [6.07, 6.45) is 20.4. The standard InChI is InChI=1S/C20H39NO2/c1-2-3-4-5-6-7-8-9-10-11-12-13-14-15-16-17-19(22)20(23)18-21/h9-10,20,23H,2-8,11-18,21H2,1H3/b10-9+. The number of carbonyl (C=O) groups is 1. The van der Waals surface area contributed by atoms with E-state index in [1.165, 1.54) is 70.6 Å². The van der Waals surface area contributed by atoms with Gasteiger partial charge in [0.25, 0.3) is 0 Å². The average molecular weight is 326 g/mol. The fraction of sp³-hybridized carbons (Fsp3) is 0.850. The molecule has 0 aliphatic heterocycles. The third-order valence-corrected chi connectivity index (χ3v) is 4.28. The molecule has 0 aromatic heterocycles. The molecular formula is C20H39NO2. The van der Waals surface area contributed by atoms with Gasteiger partial charge < -0.3 is 10.8 Å². The number of rotatable bonds is 17. The number of Topliss-reactive ketones (excluding diaryl/α,β-unsaturated/α-hetero) is 1. The maximum atomic E-state index is 11.4. The van der Waals surface area contributed by atoms with Gasteiger partial charge in [-0.15, -0.1) is 0 Å². The largest absolute Gasteiger partial charge is 0.384 e. The summed E-state index contributed by atoms with van der Waals surface area (Å²) in [6.45, 7) is 2.30. The number of aliphatic hydroxyl groups is 1. The first-order valence-corrected chi connectivity index (χ1v) is 9.78. The van der Waals surface area contributed by atoms with E-state index in [0.717, 1.165) is 12.8 Å². The zero-order valence-electron chi connectivity index (χ0n) is 15.3. The zero-order chi connectivity index (χ0) is 17.2. The Morgan fingerprint density at radius 1 is 0.870 bits per heavy atom. The number of nitrogens with two attached hydrogens (primary N) is 1. The smallest absolute Gasteiger partial charge is 0.162 e. The third-order valence-electron chi connectivity index (χ3n) is 4.28. The molecule has 0 aliphatic carbocycles. The van der Waals surface area contributed by atoms with Crippen LogP contribution in [0.3, 0.4) is 0 Å². The van der Waals surface area contributed by atoms with Crippen LogP contribution >= 0.6 is 0 Å². The van der Waals surface area contributed by atoms with Gasteiger partial charge in [-0.1, -0.05) is 70.4 Å². The first kappa shape index (κ1) is 22.3. The van der Waals surface area contributed by atoms with Gasteiger partial charge >= 0.3 is 0 Å². The second kappa shape index (κ2) is 17.7. The Kier molecular flexibility index (Phi) is 17.2. The van der Waals surface area contributed by atoms with Gasteiger partial charge in [0.15, 0.2) is 5.78 Å². The van der Waals surface area contributed by atoms with Crippen molar-refractivity contribution in [1.82, 2.24) is 0 Å². The van der Waals surface area contributed by atoms with E-state index in [9.17, 15) is 9.90 Å². The van der Waals surface area contributed by atoms with Crippen LogP contribution in [0, 0.1) is 0 Å². The molecule has 0 aliphatic rings. The van der Waals surface area contributed by atoms with Crippen LogP contribution < -0.4 is 5.73 Å². The lowest BCUT2D eigenvalue weighted by Crippen LogP contribution is -2.28. The summed E-state index contributed by atoms with van der Waals surface area (Å²) < 4.78 is 0. The number of carbonyl (C=O) groups excluding carboxylic acids is 1. The Hall–Kier alpha value is -0.670. The van der Waals surface area contributed by atoms with E-state index in [0.29, 0.717) is 6.42 Å². The van der Waals surface area contributed by atoms with E-state index < -0.39 is 6.10 Å². The second-order valence-corrected chi connectivity index (χ2v) is 6.55. The predicted molar refractivity (Wildman–Crippen MR) is 99.5 cm³/mol. The highest BCUT2D eigenvalue weighted by Crippen LogP contribution is 2.10. The van der Waals surface area contributed by atoms with Gasteiger partial charge in [0.05, 0.1) is 0 Å². The summed E-state index contributed by atoms with van der Waals surface area (Å²) in [5.41, 5.74) is 5.25. The van der Waals surface area contributed by atoms with Crippen molar-refractivity contribution in [3.8, 4) is 0 Å². The SMILES string of the molecule is CCCCCCCC/C=C/CCCCCCCC(=O)C(O)CN. The Morgan fingerprint density at radius 3 is 1.87 bits per heavy atom. The molecule has 0 saturated heterocycles. The minimum atomic E-state index is -0.952. The maximum absolute atomic E-state index is 11.4. The molecule has 0 amide bonds. The normalized spacial score (nSPS) is 12.8. The van der Waals surface area contributed by atoms with Gasteiger partial charge in [-0.3, -0.25) is 4.79 Å². The van der Waals surface area contributed by atoms with Gasteiger partial charge in [0, 0.05) is 13.0 Å². The molecule has 136 valence electrons. The van der Waals surface area contributed by atoms with Crippen LogP contribution in [0.4, 0.5) is 0 Å². The molecular weight excluding hydrogens is 286 g/mol. The van der Waals surface area contributed by atoms with Crippen LogP contribution in [-0.4, -0.2) is 23.5 Å². The van der Waals surface area contributed by atoms with Crippen LogP contribution in [0.15, 0.2) is 12.2 Å². The minimum Gasteiger partial charge on any atom is -0.384 e. The zero-order valence-corrected chi connectivity index (χ0v) is 15.3. The number of unbranched alkanes of at least 4 members (excludes halogenated alkanes) is 11. The summed E-state index contributed by atoms with van der Waals surface area (Å²) in [5, 5.41) is 9.26. The van der Waals surface area contributed by atoms with Crippen molar-refractivity contribution in [2.75, 3.05) is 6.54 Å². The summed E-state index contributed by atoms with van der Waals surface area (Å²) in [7, 11) is 0. The van der Waals surface area contributed by atoms with Crippen LogP contribution in [0.25, 0.3) is 0 Å². The highest BCUT2D eigenvalue weighted by molar-refractivity contribution is 5.82. The lowest BCUT2D eigenvalue weighted by molar-refractivity contribution is -0.126. The quantitative estimate of drug-likeness (QED) is 0.295. The van der Waals surface area contributed by atoms with Gasteiger partial charge in [0.1, 0.15) is 6.10 Å². The molecule has 3 nitrogen and oxygen atoms in total. The first-order valence-electron chi connectivity index (χ1n) is 9.78. The van der Waals surface area contributed by atoms with Crippen molar-refractivity contribution in [3.05, 3.63) is 12.2 Å². The highest BCUT2D eigenvalue weighted by atomic mass is 16.3. The third kappa shape index (κ3) is 16.0. The van der Waals surface area contributed by atoms with Crippen LogP contribution in [0.1, 0.15) is 96.8 Å². The number of allylic oxidation sites excluding steroid dienone is 2. The number of hydrogen-bond acceptors (Lipinski definition) is 3. The topological polar surface area (TPSA) is 63.3 Å². The van der Waals surface area contributed by atoms with Gasteiger partial charge in [0.2, 0.25) is 0 Å². The predicted octanol–water partition coefficient (Wildman–Crippen LogP) is 4.91. The number of aliphatic hydroxyl groups excluding tert-OH is 1. The molecule has 3 heteroatoms. The number of hydrogen-bond donors (Lipinski definition) is 2. The molecule has 1 unspecified atom stereocenters. The van der Waals surface area contributed by atoms with Crippen LogP contribution in [-0.2, 0) is 4.79 Å². The molecule has 0 aromatic rings. The Morgan fingerprint density at radius 2 is 1.35 bits per heavy atom. The molecule has 1 atom stereocenters. The summed E-state index contributed by atoms with van der Waals surface area (Å²) >= 11 is 0. The number of ketones is 1. The van der Waals surface area contributed by atoms with Crippen LogP contribution in [0.5, 0.6) is 0 Å². The summed E-state index contributed by atoms with van der Waals surface area (Å²) in [6, 6.07) is 0.